The van der Waals surface area contributed by atoms with Crippen LogP contribution in [0.4, 0.5) is 0 Å². The third-order valence-electron chi connectivity index (χ3n) is 1.94. The number of hydrogen-bond donors (Lipinski definition) is 2. The van der Waals surface area contributed by atoms with E-state index in [9.17, 15) is 4.79 Å². The van der Waals surface area contributed by atoms with Crippen LogP contribution < -0.4 is 5.84 Å². The van der Waals surface area contributed by atoms with Crippen molar-refractivity contribution < 1.29 is 4.79 Å². The Kier molecular flexibility index (Phi) is 2.08. The number of fused-ring (bicyclic) bond motifs is 1. The SMILES string of the molecule is NN(C=O)[SH]1C=Cc2ccccc21. The summed E-state index contributed by atoms with van der Waals surface area (Å²) in [5, 5.41) is 1.98. The van der Waals surface area contributed by atoms with Gasteiger partial charge in [-0.1, -0.05) is 18.2 Å². The van der Waals surface area contributed by atoms with E-state index in [0.717, 1.165) is 10.5 Å². The van der Waals surface area contributed by atoms with Crippen LogP contribution in [0.1, 0.15) is 5.56 Å². The third kappa shape index (κ3) is 1.34. The minimum atomic E-state index is -0.760. The van der Waals surface area contributed by atoms with E-state index in [1.54, 1.807) is 0 Å². The average Bonchev–Trinajstić information content (AvgIpc) is 2.60. The van der Waals surface area contributed by atoms with E-state index < -0.39 is 11.1 Å². The Hall–Kier alpha value is -1.26. The van der Waals surface area contributed by atoms with Gasteiger partial charge in [0, 0.05) is 4.90 Å². The van der Waals surface area contributed by atoms with Gasteiger partial charge in [0.05, 0.1) is 0 Å². The molecule has 1 aliphatic rings. The summed E-state index contributed by atoms with van der Waals surface area (Å²) in [6.45, 7) is 0. The highest BCUT2D eigenvalue weighted by atomic mass is 32.2. The normalized spacial score (nSPS) is 21.2. The molecule has 0 radical (unpaired) electrons. The topological polar surface area (TPSA) is 46.3 Å². The second-order valence-electron chi connectivity index (χ2n) is 2.70. The lowest BCUT2D eigenvalue weighted by Gasteiger charge is -2.22. The third-order valence-corrected chi connectivity index (χ3v) is 3.86. The number of nitrogens with two attached hydrogens (primary N) is 1. The van der Waals surface area contributed by atoms with E-state index in [-0.39, 0.29) is 0 Å². The maximum Gasteiger partial charge on any atom is 0.232 e. The van der Waals surface area contributed by atoms with E-state index in [0.29, 0.717) is 6.41 Å². The smallest absolute Gasteiger partial charge is 0.232 e. The monoisotopic (exact) mass is 194 g/mol. The van der Waals surface area contributed by atoms with Gasteiger partial charge in [0.15, 0.2) is 0 Å². The van der Waals surface area contributed by atoms with Gasteiger partial charge in [-0.2, -0.15) is 0 Å². The molecule has 3 nitrogen and oxygen atoms in total. The molecule has 13 heavy (non-hydrogen) atoms. The van der Waals surface area contributed by atoms with Crippen molar-refractivity contribution in [2.24, 2.45) is 5.84 Å². The second-order valence-corrected chi connectivity index (χ2v) is 4.64. The summed E-state index contributed by atoms with van der Waals surface area (Å²) in [7, 11) is 0. The molecule has 1 atom stereocenters. The van der Waals surface area contributed by atoms with Crippen LogP contribution in [0, 0.1) is 0 Å². The Morgan fingerprint density at radius 3 is 2.92 bits per heavy atom. The first-order valence-corrected chi connectivity index (χ1v) is 5.25. The van der Waals surface area contributed by atoms with Gasteiger partial charge in [0.1, 0.15) is 0 Å². The summed E-state index contributed by atoms with van der Waals surface area (Å²) in [5.74, 6) is 5.54. The maximum atomic E-state index is 10.5. The highest BCUT2D eigenvalue weighted by Crippen LogP contribution is 2.46. The first-order valence-electron chi connectivity index (χ1n) is 3.88. The number of thiol groups is 1. The zero-order valence-electron chi connectivity index (χ0n) is 6.92. The van der Waals surface area contributed by atoms with E-state index in [4.69, 9.17) is 5.84 Å². The van der Waals surface area contributed by atoms with Gasteiger partial charge < -0.3 is 0 Å². The Labute approximate surface area is 79.3 Å². The molecule has 1 heterocycles. The number of benzene rings is 1. The molecule has 0 saturated carbocycles. The van der Waals surface area contributed by atoms with Crippen molar-refractivity contribution in [3.05, 3.63) is 35.2 Å². The highest BCUT2D eigenvalue weighted by Gasteiger charge is 2.16. The number of hydrogen-bond acceptors (Lipinski definition) is 2. The molecular formula is C9H10N2OS. The van der Waals surface area contributed by atoms with Crippen LogP contribution in [0.2, 0.25) is 0 Å². The summed E-state index contributed by atoms with van der Waals surface area (Å²) in [6, 6.07) is 7.96. The van der Waals surface area contributed by atoms with Crippen LogP contribution in [-0.4, -0.2) is 10.8 Å². The number of nitrogens with zero attached hydrogens (tertiary/aromatic N) is 1. The van der Waals surface area contributed by atoms with Crippen LogP contribution in [-0.2, 0) is 4.79 Å². The van der Waals surface area contributed by atoms with E-state index in [1.165, 1.54) is 4.41 Å². The Morgan fingerprint density at radius 1 is 1.38 bits per heavy atom. The van der Waals surface area contributed by atoms with E-state index in [2.05, 4.69) is 0 Å². The molecule has 0 spiro atoms. The summed E-state index contributed by atoms with van der Waals surface area (Å²) in [6.07, 6.45) is 2.67. The van der Waals surface area contributed by atoms with Gasteiger partial charge in [-0.25, -0.2) is 10.3 Å². The Morgan fingerprint density at radius 2 is 2.15 bits per heavy atom. The first-order chi connectivity index (χ1) is 6.33. The van der Waals surface area contributed by atoms with Crippen molar-refractivity contribution in [2.75, 3.05) is 0 Å². The minimum Gasteiger partial charge on any atom is -0.276 e. The zero-order chi connectivity index (χ0) is 9.26. The van der Waals surface area contributed by atoms with Gasteiger partial charge in [0.2, 0.25) is 6.41 Å². The van der Waals surface area contributed by atoms with Crippen molar-refractivity contribution in [1.29, 1.82) is 0 Å². The molecule has 0 bridgehead atoms. The maximum absolute atomic E-state index is 10.5. The Balaban J connectivity index is 2.38. The van der Waals surface area contributed by atoms with Gasteiger partial charge in [-0.05, 0) is 23.1 Å². The molecule has 0 aliphatic carbocycles. The second kappa shape index (κ2) is 3.24. The van der Waals surface area contributed by atoms with E-state index in [1.807, 2.05) is 35.7 Å². The molecule has 1 amide bonds. The van der Waals surface area contributed by atoms with Crippen LogP contribution in [0.25, 0.3) is 6.08 Å². The lowest BCUT2D eigenvalue weighted by atomic mass is 10.2. The average molecular weight is 194 g/mol. The molecule has 2 rings (SSSR count). The molecule has 0 aromatic heterocycles. The fourth-order valence-electron chi connectivity index (χ4n) is 1.32. The summed E-state index contributed by atoms with van der Waals surface area (Å²) >= 11 is -0.760. The fraction of sp³-hybridized carbons (Fsp3) is 0. The van der Waals surface area contributed by atoms with Crippen LogP contribution in [0.5, 0.6) is 0 Å². The largest absolute Gasteiger partial charge is 0.276 e. The summed E-state index contributed by atoms with van der Waals surface area (Å²) in [5.41, 5.74) is 1.16. The summed E-state index contributed by atoms with van der Waals surface area (Å²) in [4.78, 5) is 11.6. The number of rotatable bonds is 2. The predicted molar refractivity (Wildman–Crippen MR) is 54.8 cm³/mol. The van der Waals surface area contributed by atoms with E-state index >= 15 is 0 Å². The molecule has 1 aliphatic heterocycles. The lowest BCUT2D eigenvalue weighted by molar-refractivity contribution is -0.113. The molecule has 1 unspecified atom stereocenters. The zero-order valence-corrected chi connectivity index (χ0v) is 7.82. The lowest BCUT2D eigenvalue weighted by Crippen LogP contribution is -2.24. The van der Waals surface area contributed by atoms with Crippen LogP contribution in [0.3, 0.4) is 0 Å². The number of carbonyl (C=O) groups excluding carboxylic acids is 1. The van der Waals surface area contributed by atoms with Crippen molar-refractivity contribution in [1.82, 2.24) is 4.41 Å². The number of carbonyl (C=O) groups is 1. The molecule has 0 saturated heterocycles. The van der Waals surface area contributed by atoms with Crippen molar-refractivity contribution in [2.45, 2.75) is 4.90 Å². The minimum absolute atomic E-state index is 0.665. The standard InChI is InChI=1S/C9H10N2OS/c10-11(7-12)13-6-5-8-3-1-2-4-9(8)13/h1-7,13H,10H2. The van der Waals surface area contributed by atoms with Crippen molar-refractivity contribution >= 4 is 23.6 Å². The molecular weight excluding hydrogens is 184 g/mol. The highest BCUT2D eigenvalue weighted by molar-refractivity contribution is 8.18. The predicted octanol–water partition coefficient (Wildman–Crippen LogP) is 1.28. The molecule has 68 valence electrons. The summed E-state index contributed by atoms with van der Waals surface area (Å²) < 4.78 is 1.23. The number of hydrazine groups is 1. The van der Waals surface area contributed by atoms with Gasteiger partial charge in [0.25, 0.3) is 0 Å². The molecule has 0 fully saturated rings. The Bertz CT molecular complexity index is 364. The molecule has 1 aromatic rings. The molecule has 2 N–H and O–H groups in total. The molecule has 4 heteroatoms. The van der Waals surface area contributed by atoms with Crippen molar-refractivity contribution in [3.8, 4) is 0 Å². The van der Waals surface area contributed by atoms with Gasteiger partial charge >= 0.3 is 0 Å². The quantitative estimate of drug-likeness (QED) is 0.245. The molecule has 1 aromatic carbocycles. The van der Waals surface area contributed by atoms with Crippen LogP contribution >= 0.6 is 11.1 Å². The first kappa shape index (κ1) is 8.34. The number of amides is 1. The fourth-order valence-corrected chi connectivity index (χ4v) is 2.94. The van der Waals surface area contributed by atoms with Crippen LogP contribution in [0.15, 0.2) is 34.6 Å². The van der Waals surface area contributed by atoms with Gasteiger partial charge in [-0.3, -0.25) is 4.79 Å². The van der Waals surface area contributed by atoms with Gasteiger partial charge in [-0.15, -0.1) is 11.1 Å². The van der Waals surface area contributed by atoms with Crippen molar-refractivity contribution in [3.63, 3.8) is 0 Å².